The fourth-order valence-electron chi connectivity index (χ4n) is 2.70. The van der Waals surface area contributed by atoms with Crippen LogP contribution >= 0.6 is 0 Å². The van der Waals surface area contributed by atoms with E-state index in [0.717, 1.165) is 6.42 Å². The summed E-state index contributed by atoms with van der Waals surface area (Å²) in [5, 5.41) is 3.95. The number of amides is 2. The van der Waals surface area contributed by atoms with E-state index < -0.39 is 0 Å². The maximum Gasteiger partial charge on any atom is 0.229 e. The van der Waals surface area contributed by atoms with Gasteiger partial charge in [0.25, 0.3) is 0 Å². The molecular formula is C15H24N4O3. The third-order valence-corrected chi connectivity index (χ3v) is 4.01. The van der Waals surface area contributed by atoms with E-state index in [-0.39, 0.29) is 23.8 Å². The average Bonchev–Trinajstić information content (AvgIpc) is 3.07. The van der Waals surface area contributed by atoms with Gasteiger partial charge in [0.1, 0.15) is 0 Å². The number of nitrogens with zero attached hydrogens (tertiary/aromatic N) is 4. The first kappa shape index (κ1) is 16.5. The van der Waals surface area contributed by atoms with Crippen molar-refractivity contribution in [2.45, 2.75) is 52.5 Å². The summed E-state index contributed by atoms with van der Waals surface area (Å²) in [7, 11) is 0. The zero-order valence-electron chi connectivity index (χ0n) is 13.7. The molecule has 1 aromatic rings. The second-order valence-electron chi connectivity index (χ2n) is 6.07. The third kappa shape index (κ3) is 3.84. The van der Waals surface area contributed by atoms with Gasteiger partial charge in [-0.3, -0.25) is 9.59 Å². The van der Waals surface area contributed by atoms with Gasteiger partial charge in [0, 0.05) is 45.8 Å². The molecule has 0 aliphatic carbocycles. The standard InChI is InChI=1S/C15H24N4O3/c1-10(2)15-16-14(17-22-15)6-8-19(12(4)21)13-5-7-18(9-13)11(3)20/h10,13H,5-9H2,1-4H3. The largest absolute Gasteiger partial charge is 0.341 e. The van der Waals surface area contributed by atoms with Crippen LogP contribution in [0.25, 0.3) is 0 Å². The van der Waals surface area contributed by atoms with E-state index in [1.165, 1.54) is 0 Å². The van der Waals surface area contributed by atoms with Crippen molar-refractivity contribution in [1.82, 2.24) is 19.9 Å². The van der Waals surface area contributed by atoms with E-state index in [2.05, 4.69) is 10.1 Å². The summed E-state index contributed by atoms with van der Waals surface area (Å²) in [5.41, 5.74) is 0. The van der Waals surface area contributed by atoms with Crippen molar-refractivity contribution < 1.29 is 14.1 Å². The Kier molecular flexibility index (Phi) is 5.15. The second-order valence-corrected chi connectivity index (χ2v) is 6.07. The highest BCUT2D eigenvalue weighted by atomic mass is 16.5. The molecule has 0 N–H and O–H groups in total. The number of carbonyl (C=O) groups is 2. The van der Waals surface area contributed by atoms with Crippen molar-refractivity contribution in [3.05, 3.63) is 11.7 Å². The summed E-state index contributed by atoms with van der Waals surface area (Å²) in [6.45, 7) is 8.98. The molecule has 0 bridgehead atoms. The quantitative estimate of drug-likeness (QED) is 0.816. The maximum absolute atomic E-state index is 11.9. The van der Waals surface area contributed by atoms with Gasteiger partial charge in [0.15, 0.2) is 5.82 Å². The zero-order valence-corrected chi connectivity index (χ0v) is 13.7. The van der Waals surface area contributed by atoms with Crippen molar-refractivity contribution in [1.29, 1.82) is 0 Å². The highest BCUT2D eigenvalue weighted by Crippen LogP contribution is 2.17. The Morgan fingerprint density at radius 3 is 2.64 bits per heavy atom. The molecule has 1 saturated heterocycles. The Labute approximate surface area is 130 Å². The topological polar surface area (TPSA) is 79.5 Å². The third-order valence-electron chi connectivity index (χ3n) is 4.01. The fraction of sp³-hybridized carbons (Fsp3) is 0.733. The van der Waals surface area contributed by atoms with Crippen LogP contribution in [0.15, 0.2) is 4.52 Å². The molecule has 1 aliphatic heterocycles. The molecule has 122 valence electrons. The van der Waals surface area contributed by atoms with Crippen LogP contribution < -0.4 is 0 Å². The smallest absolute Gasteiger partial charge is 0.229 e. The van der Waals surface area contributed by atoms with Crippen LogP contribution in [0.2, 0.25) is 0 Å². The van der Waals surface area contributed by atoms with Gasteiger partial charge < -0.3 is 14.3 Å². The number of hydrogen-bond acceptors (Lipinski definition) is 5. The van der Waals surface area contributed by atoms with Gasteiger partial charge in [-0.2, -0.15) is 4.98 Å². The van der Waals surface area contributed by atoms with Gasteiger partial charge in [-0.15, -0.1) is 0 Å². The Morgan fingerprint density at radius 1 is 1.41 bits per heavy atom. The molecule has 1 unspecified atom stereocenters. The lowest BCUT2D eigenvalue weighted by Gasteiger charge is -2.27. The highest BCUT2D eigenvalue weighted by Gasteiger charge is 2.30. The van der Waals surface area contributed by atoms with Crippen molar-refractivity contribution in [3.8, 4) is 0 Å². The summed E-state index contributed by atoms with van der Waals surface area (Å²) < 4.78 is 5.18. The number of carbonyl (C=O) groups excluding carboxylic acids is 2. The molecule has 0 radical (unpaired) electrons. The monoisotopic (exact) mass is 308 g/mol. The molecule has 2 heterocycles. The number of hydrogen-bond donors (Lipinski definition) is 0. The minimum Gasteiger partial charge on any atom is -0.341 e. The number of rotatable bonds is 5. The predicted octanol–water partition coefficient (Wildman–Crippen LogP) is 1.20. The average molecular weight is 308 g/mol. The Morgan fingerprint density at radius 2 is 2.14 bits per heavy atom. The molecule has 0 spiro atoms. The van der Waals surface area contributed by atoms with Crippen molar-refractivity contribution in [2.24, 2.45) is 0 Å². The number of aromatic nitrogens is 2. The van der Waals surface area contributed by atoms with Gasteiger partial charge in [0.2, 0.25) is 17.7 Å². The van der Waals surface area contributed by atoms with Gasteiger partial charge in [-0.05, 0) is 6.42 Å². The van der Waals surface area contributed by atoms with Gasteiger partial charge in [0.05, 0.1) is 6.04 Å². The van der Waals surface area contributed by atoms with Crippen LogP contribution in [0.5, 0.6) is 0 Å². The lowest BCUT2D eigenvalue weighted by atomic mass is 10.2. The first-order valence-corrected chi connectivity index (χ1v) is 7.73. The van der Waals surface area contributed by atoms with Gasteiger partial charge in [-0.25, -0.2) is 0 Å². The fourth-order valence-corrected chi connectivity index (χ4v) is 2.70. The first-order valence-electron chi connectivity index (χ1n) is 7.73. The van der Waals surface area contributed by atoms with Crippen molar-refractivity contribution >= 4 is 11.8 Å². The van der Waals surface area contributed by atoms with Crippen LogP contribution in [0.3, 0.4) is 0 Å². The lowest BCUT2D eigenvalue weighted by molar-refractivity contribution is -0.132. The van der Waals surface area contributed by atoms with E-state index in [0.29, 0.717) is 37.8 Å². The Hall–Kier alpha value is -1.92. The summed E-state index contributed by atoms with van der Waals surface area (Å²) in [6, 6.07) is 0.0814. The predicted molar refractivity (Wildman–Crippen MR) is 80.1 cm³/mol. The SMILES string of the molecule is CC(=O)N1CCC(N(CCc2noc(C(C)C)n2)C(C)=O)C1. The Bertz CT molecular complexity index is 541. The molecule has 0 saturated carbocycles. The van der Waals surface area contributed by atoms with E-state index in [1.54, 1.807) is 18.7 Å². The summed E-state index contributed by atoms with van der Waals surface area (Å²) in [5.74, 6) is 1.52. The summed E-state index contributed by atoms with van der Waals surface area (Å²) in [6.07, 6.45) is 1.38. The molecule has 0 aromatic carbocycles. The first-order chi connectivity index (χ1) is 10.4. The Balaban J connectivity index is 1.94. The molecule has 7 nitrogen and oxygen atoms in total. The molecular weight excluding hydrogens is 284 g/mol. The minimum atomic E-state index is 0.0166. The molecule has 1 atom stereocenters. The molecule has 2 amide bonds. The number of likely N-dealkylation sites (tertiary alicyclic amines) is 1. The van der Waals surface area contributed by atoms with Gasteiger partial charge >= 0.3 is 0 Å². The van der Waals surface area contributed by atoms with E-state index in [1.807, 2.05) is 18.7 Å². The van der Waals surface area contributed by atoms with E-state index in [4.69, 9.17) is 4.52 Å². The van der Waals surface area contributed by atoms with Gasteiger partial charge in [-0.1, -0.05) is 19.0 Å². The molecule has 1 fully saturated rings. The highest BCUT2D eigenvalue weighted by molar-refractivity contribution is 5.75. The van der Waals surface area contributed by atoms with Crippen LogP contribution in [0.4, 0.5) is 0 Å². The van der Waals surface area contributed by atoms with E-state index >= 15 is 0 Å². The van der Waals surface area contributed by atoms with Crippen LogP contribution in [0.1, 0.15) is 51.7 Å². The molecule has 1 aromatic heterocycles. The molecule has 2 rings (SSSR count). The molecule has 22 heavy (non-hydrogen) atoms. The zero-order chi connectivity index (χ0) is 16.3. The lowest BCUT2D eigenvalue weighted by Crippen LogP contribution is -2.42. The summed E-state index contributed by atoms with van der Waals surface area (Å²) >= 11 is 0. The van der Waals surface area contributed by atoms with E-state index in [9.17, 15) is 9.59 Å². The van der Waals surface area contributed by atoms with Crippen LogP contribution in [-0.4, -0.2) is 57.4 Å². The molecule has 7 heteroatoms. The molecule has 1 aliphatic rings. The van der Waals surface area contributed by atoms with Crippen LogP contribution in [0, 0.1) is 0 Å². The minimum absolute atomic E-state index is 0.0166. The second kappa shape index (κ2) is 6.89. The van der Waals surface area contributed by atoms with Crippen molar-refractivity contribution in [2.75, 3.05) is 19.6 Å². The normalized spacial score (nSPS) is 18.0. The summed E-state index contributed by atoms with van der Waals surface area (Å²) in [4.78, 5) is 31.2. The van der Waals surface area contributed by atoms with Crippen LogP contribution in [-0.2, 0) is 16.0 Å². The maximum atomic E-state index is 11.9. The van der Waals surface area contributed by atoms with Crippen molar-refractivity contribution in [3.63, 3.8) is 0 Å².